The number of nitrogens with one attached hydrogen (secondary N) is 1. The summed E-state index contributed by atoms with van der Waals surface area (Å²) in [6.07, 6.45) is 4.57. The topological polar surface area (TPSA) is 84.7 Å². The van der Waals surface area contributed by atoms with Gasteiger partial charge in [0, 0.05) is 25.7 Å². The molecular weight excluding hydrogens is 329 g/mol. The van der Waals surface area contributed by atoms with E-state index in [4.69, 9.17) is 4.74 Å². The number of hydrogen-bond acceptors (Lipinski definition) is 5. The maximum atomic E-state index is 13.0. The van der Waals surface area contributed by atoms with E-state index in [9.17, 15) is 14.0 Å². The van der Waals surface area contributed by atoms with Gasteiger partial charge in [-0.25, -0.2) is 4.39 Å². The van der Waals surface area contributed by atoms with Crippen LogP contribution < -0.4 is 10.1 Å². The summed E-state index contributed by atoms with van der Waals surface area (Å²) in [6, 6.07) is 1.54. The van der Waals surface area contributed by atoms with Gasteiger partial charge in [-0.1, -0.05) is 0 Å². The van der Waals surface area contributed by atoms with Gasteiger partial charge in [-0.2, -0.15) is 0 Å². The van der Waals surface area contributed by atoms with Gasteiger partial charge in [-0.3, -0.25) is 9.59 Å². The summed E-state index contributed by atoms with van der Waals surface area (Å²) >= 11 is 0. The third kappa shape index (κ3) is 5.17. The van der Waals surface area contributed by atoms with Gasteiger partial charge in [0.2, 0.25) is 5.91 Å². The Labute approximate surface area is 145 Å². The Bertz CT molecular complexity index is 580. The summed E-state index contributed by atoms with van der Waals surface area (Å²) in [4.78, 5) is 25.6. The number of likely N-dealkylation sites (tertiary alicyclic amines) is 1. The summed E-state index contributed by atoms with van der Waals surface area (Å²) in [5.74, 6) is 0.146. The molecule has 2 amide bonds. The molecule has 1 aliphatic carbocycles. The zero-order chi connectivity index (χ0) is 17.6. The number of amides is 2. The largest absolute Gasteiger partial charge is 0.465 e. The first-order valence-electron chi connectivity index (χ1n) is 8.86. The van der Waals surface area contributed by atoms with Gasteiger partial charge in [0.05, 0.1) is 5.92 Å². The van der Waals surface area contributed by atoms with Crippen LogP contribution >= 0.6 is 0 Å². The molecule has 0 spiro atoms. The lowest BCUT2D eigenvalue weighted by atomic mass is 9.97. The molecule has 1 aromatic heterocycles. The lowest BCUT2D eigenvalue weighted by Crippen LogP contribution is -2.34. The van der Waals surface area contributed by atoms with E-state index in [-0.39, 0.29) is 30.2 Å². The van der Waals surface area contributed by atoms with Gasteiger partial charge in [0.1, 0.15) is 12.4 Å². The van der Waals surface area contributed by atoms with E-state index in [2.05, 4.69) is 15.0 Å². The fraction of sp³-hybridized carbons (Fsp3) is 0.706. The molecule has 3 unspecified atom stereocenters. The average Bonchev–Trinajstić information content (AvgIpc) is 3.19. The molecule has 8 heteroatoms. The third-order valence-corrected chi connectivity index (χ3v) is 4.83. The van der Waals surface area contributed by atoms with Crippen molar-refractivity contribution in [2.24, 2.45) is 11.8 Å². The highest BCUT2D eigenvalue weighted by atomic mass is 19.1. The van der Waals surface area contributed by atoms with E-state index in [0.29, 0.717) is 25.4 Å². The summed E-state index contributed by atoms with van der Waals surface area (Å²) in [5, 5.41) is 6.39. The van der Waals surface area contributed by atoms with E-state index in [0.717, 1.165) is 32.2 Å². The smallest absolute Gasteiger partial charge is 0.258 e. The van der Waals surface area contributed by atoms with Gasteiger partial charge < -0.3 is 19.5 Å². The molecule has 2 aliphatic rings. The Balaban J connectivity index is 1.30. The van der Waals surface area contributed by atoms with Crippen molar-refractivity contribution in [2.45, 2.75) is 38.3 Å². The molecule has 3 rings (SSSR count). The molecular formula is C17H24FN3O4. The fourth-order valence-corrected chi connectivity index (χ4v) is 3.21. The van der Waals surface area contributed by atoms with Crippen LogP contribution in [0.3, 0.4) is 0 Å². The zero-order valence-corrected chi connectivity index (χ0v) is 14.2. The molecule has 1 aromatic rings. The van der Waals surface area contributed by atoms with Crippen molar-refractivity contribution in [3.8, 4) is 5.88 Å². The Kier molecular flexibility index (Phi) is 5.88. The number of carbonyl (C=O) groups excluding carboxylic acids is 2. The summed E-state index contributed by atoms with van der Waals surface area (Å²) in [7, 11) is 0. The number of halogens is 1. The maximum absolute atomic E-state index is 13.0. The molecule has 25 heavy (non-hydrogen) atoms. The van der Waals surface area contributed by atoms with Crippen LogP contribution in [0.2, 0.25) is 0 Å². The SMILES string of the molecule is O=C(COc1ccon1)NCCC1CCCN(C(=O)C2CC2F)CC1. The van der Waals surface area contributed by atoms with Crippen LogP contribution in [0.4, 0.5) is 4.39 Å². The summed E-state index contributed by atoms with van der Waals surface area (Å²) in [6.45, 7) is 1.90. The normalized spacial score (nSPS) is 26.0. The van der Waals surface area contributed by atoms with Gasteiger partial charge >= 0.3 is 0 Å². The Hall–Kier alpha value is -2.12. The van der Waals surface area contributed by atoms with Gasteiger partial charge in [0.25, 0.3) is 11.8 Å². The number of nitrogens with zero attached hydrogens (tertiary/aromatic N) is 2. The average molecular weight is 353 g/mol. The molecule has 1 aliphatic heterocycles. The van der Waals surface area contributed by atoms with Gasteiger partial charge in [-0.05, 0) is 43.2 Å². The number of aromatic nitrogens is 1. The molecule has 2 fully saturated rings. The van der Waals surface area contributed by atoms with E-state index in [1.807, 2.05) is 4.90 Å². The summed E-state index contributed by atoms with van der Waals surface area (Å²) in [5.41, 5.74) is 0. The van der Waals surface area contributed by atoms with E-state index >= 15 is 0 Å². The minimum atomic E-state index is -0.929. The number of carbonyl (C=O) groups is 2. The molecule has 2 heterocycles. The molecule has 1 saturated heterocycles. The van der Waals surface area contributed by atoms with E-state index in [1.54, 1.807) is 6.07 Å². The second kappa shape index (κ2) is 8.31. The fourth-order valence-electron chi connectivity index (χ4n) is 3.21. The van der Waals surface area contributed by atoms with Crippen LogP contribution in [0, 0.1) is 11.8 Å². The van der Waals surface area contributed by atoms with Crippen molar-refractivity contribution in [3.63, 3.8) is 0 Å². The van der Waals surface area contributed by atoms with Crippen LogP contribution in [-0.4, -0.2) is 54.3 Å². The first-order valence-corrected chi connectivity index (χ1v) is 8.86. The van der Waals surface area contributed by atoms with Crippen LogP contribution in [0.25, 0.3) is 0 Å². The molecule has 1 N–H and O–H groups in total. The highest BCUT2D eigenvalue weighted by molar-refractivity contribution is 5.82. The van der Waals surface area contributed by atoms with Crippen LogP contribution in [0.1, 0.15) is 32.1 Å². The Morgan fingerprint density at radius 3 is 2.96 bits per heavy atom. The predicted octanol–water partition coefficient (Wildman–Crippen LogP) is 1.55. The second-order valence-electron chi connectivity index (χ2n) is 6.75. The second-order valence-corrected chi connectivity index (χ2v) is 6.75. The van der Waals surface area contributed by atoms with Crippen molar-refractivity contribution in [2.75, 3.05) is 26.2 Å². The number of rotatable bonds is 7. The molecule has 0 radical (unpaired) electrons. The lowest BCUT2D eigenvalue weighted by Gasteiger charge is -2.20. The Morgan fingerprint density at radius 2 is 2.24 bits per heavy atom. The monoisotopic (exact) mass is 353 g/mol. The quantitative estimate of drug-likeness (QED) is 0.804. The molecule has 7 nitrogen and oxygen atoms in total. The molecule has 138 valence electrons. The van der Waals surface area contributed by atoms with Crippen molar-refractivity contribution < 1.29 is 23.2 Å². The molecule has 0 aromatic carbocycles. The van der Waals surface area contributed by atoms with Crippen LogP contribution in [-0.2, 0) is 9.59 Å². The van der Waals surface area contributed by atoms with Gasteiger partial charge in [-0.15, -0.1) is 0 Å². The number of alkyl halides is 1. The summed E-state index contributed by atoms with van der Waals surface area (Å²) < 4.78 is 22.8. The minimum Gasteiger partial charge on any atom is -0.465 e. The van der Waals surface area contributed by atoms with Gasteiger partial charge in [0.15, 0.2) is 6.61 Å². The van der Waals surface area contributed by atoms with Crippen LogP contribution in [0.5, 0.6) is 5.88 Å². The molecule has 0 bridgehead atoms. The maximum Gasteiger partial charge on any atom is 0.258 e. The highest BCUT2D eigenvalue weighted by Crippen LogP contribution is 2.36. The first-order chi connectivity index (χ1) is 12.1. The van der Waals surface area contributed by atoms with Crippen molar-refractivity contribution in [1.29, 1.82) is 0 Å². The standard InChI is InChI=1S/C17H24FN3O4/c18-14-10-13(14)17(23)21-7-1-2-12(4-8-21)3-6-19-15(22)11-24-16-5-9-25-20-16/h5,9,12-14H,1-4,6-8,10-11H2,(H,19,22). The number of hydrogen-bond donors (Lipinski definition) is 1. The van der Waals surface area contributed by atoms with E-state index < -0.39 is 6.17 Å². The van der Waals surface area contributed by atoms with E-state index in [1.165, 1.54) is 6.26 Å². The zero-order valence-electron chi connectivity index (χ0n) is 14.2. The first kappa shape index (κ1) is 17.7. The van der Waals surface area contributed by atoms with Crippen molar-refractivity contribution in [3.05, 3.63) is 12.3 Å². The van der Waals surface area contributed by atoms with Crippen molar-refractivity contribution in [1.82, 2.24) is 15.4 Å². The third-order valence-electron chi connectivity index (χ3n) is 4.83. The highest BCUT2D eigenvalue weighted by Gasteiger charge is 2.45. The molecule has 1 saturated carbocycles. The van der Waals surface area contributed by atoms with Crippen molar-refractivity contribution >= 4 is 11.8 Å². The van der Waals surface area contributed by atoms with Crippen LogP contribution in [0.15, 0.2) is 16.9 Å². The number of ether oxygens (including phenoxy) is 1. The Morgan fingerprint density at radius 1 is 1.40 bits per heavy atom. The molecule has 3 atom stereocenters. The lowest BCUT2D eigenvalue weighted by molar-refractivity contribution is -0.133. The minimum absolute atomic E-state index is 0.0218. The predicted molar refractivity (Wildman–Crippen MR) is 86.5 cm³/mol.